The molecule has 1 unspecified atom stereocenters. The number of halogens is 1. The summed E-state index contributed by atoms with van der Waals surface area (Å²) in [5.41, 5.74) is 0.494. The van der Waals surface area contributed by atoms with Gasteiger partial charge in [0.05, 0.1) is 27.7 Å². The number of carbonyl (C=O) groups is 1. The monoisotopic (exact) mass is 303 g/mol. The van der Waals surface area contributed by atoms with Gasteiger partial charge in [-0.1, -0.05) is 12.1 Å². The normalized spacial score (nSPS) is 11.6. The predicted molar refractivity (Wildman–Crippen MR) is 74.6 cm³/mol. The maximum absolute atomic E-state index is 13.2. The third kappa shape index (κ3) is 3.52. The summed E-state index contributed by atoms with van der Waals surface area (Å²) in [6.07, 6.45) is 0. The van der Waals surface area contributed by atoms with Crippen molar-refractivity contribution < 1.29 is 18.5 Å². The molecule has 0 saturated heterocycles. The van der Waals surface area contributed by atoms with Crippen LogP contribution in [0.2, 0.25) is 0 Å². The Bertz CT molecular complexity index is 768. The van der Waals surface area contributed by atoms with Gasteiger partial charge in [-0.3, -0.25) is 4.21 Å². The second kappa shape index (κ2) is 6.29. The van der Waals surface area contributed by atoms with Gasteiger partial charge in [0.1, 0.15) is 11.9 Å². The Morgan fingerprint density at radius 2 is 2.05 bits per heavy atom. The van der Waals surface area contributed by atoms with Crippen LogP contribution in [-0.4, -0.2) is 15.3 Å². The highest BCUT2D eigenvalue weighted by Gasteiger charge is 2.10. The van der Waals surface area contributed by atoms with Gasteiger partial charge >= 0.3 is 5.97 Å². The molecule has 0 radical (unpaired) electrons. The van der Waals surface area contributed by atoms with E-state index in [2.05, 4.69) is 0 Å². The summed E-state index contributed by atoms with van der Waals surface area (Å²) in [4.78, 5) is 11.3. The van der Waals surface area contributed by atoms with Crippen molar-refractivity contribution >= 4 is 16.8 Å². The van der Waals surface area contributed by atoms with Gasteiger partial charge < -0.3 is 5.11 Å². The SMILES string of the molecule is N#Cc1cc(CS(=O)c2cccc(C(=O)O)c2)ccc1F. The summed E-state index contributed by atoms with van der Waals surface area (Å²) in [7, 11) is -1.47. The van der Waals surface area contributed by atoms with Crippen LogP contribution in [0.5, 0.6) is 0 Å². The fourth-order valence-electron chi connectivity index (χ4n) is 1.75. The predicted octanol–water partition coefficient (Wildman–Crippen LogP) is 2.70. The Morgan fingerprint density at radius 3 is 2.71 bits per heavy atom. The number of carboxylic acids is 1. The first-order chi connectivity index (χ1) is 10.0. The molecule has 106 valence electrons. The first-order valence-electron chi connectivity index (χ1n) is 5.91. The van der Waals surface area contributed by atoms with Gasteiger partial charge in [-0.2, -0.15) is 5.26 Å². The first kappa shape index (κ1) is 14.9. The second-order valence-corrected chi connectivity index (χ2v) is 5.70. The van der Waals surface area contributed by atoms with E-state index in [1.807, 2.05) is 0 Å². The van der Waals surface area contributed by atoms with E-state index >= 15 is 0 Å². The zero-order valence-corrected chi connectivity index (χ0v) is 11.6. The Kier molecular flexibility index (Phi) is 4.45. The average molecular weight is 303 g/mol. The molecule has 1 atom stereocenters. The zero-order chi connectivity index (χ0) is 15.4. The molecule has 2 aromatic carbocycles. The number of nitrogens with zero attached hydrogens (tertiary/aromatic N) is 1. The van der Waals surface area contributed by atoms with E-state index in [9.17, 15) is 13.4 Å². The van der Waals surface area contributed by atoms with E-state index in [-0.39, 0.29) is 16.9 Å². The minimum absolute atomic E-state index is 0.0534. The van der Waals surface area contributed by atoms with E-state index in [0.29, 0.717) is 10.5 Å². The summed E-state index contributed by atoms with van der Waals surface area (Å²) in [6, 6.07) is 11.5. The van der Waals surface area contributed by atoms with Crippen molar-refractivity contribution in [3.05, 3.63) is 65.0 Å². The third-order valence-corrected chi connectivity index (χ3v) is 4.17. The van der Waals surface area contributed by atoms with E-state index in [1.54, 1.807) is 12.1 Å². The topological polar surface area (TPSA) is 78.2 Å². The maximum Gasteiger partial charge on any atom is 0.335 e. The molecule has 0 heterocycles. The lowest BCUT2D eigenvalue weighted by Gasteiger charge is -2.05. The lowest BCUT2D eigenvalue weighted by Crippen LogP contribution is -2.01. The lowest BCUT2D eigenvalue weighted by molar-refractivity contribution is 0.0696. The Labute approximate surface area is 122 Å². The molecule has 0 aliphatic rings. The number of hydrogen-bond acceptors (Lipinski definition) is 3. The highest BCUT2D eigenvalue weighted by molar-refractivity contribution is 7.84. The van der Waals surface area contributed by atoms with Gasteiger partial charge in [-0.25, -0.2) is 9.18 Å². The van der Waals surface area contributed by atoms with Crippen LogP contribution >= 0.6 is 0 Å². The molecule has 0 bridgehead atoms. The molecule has 21 heavy (non-hydrogen) atoms. The van der Waals surface area contributed by atoms with Gasteiger partial charge in [-0.05, 0) is 35.9 Å². The van der Waals surface area contributed by atoms with Crippen molar-refractivity contribution in [1.82, 2.24) is 0 Å². The van der Waals surface area contributed by atoms with Crippen molar-refractivity contribution in [2.75, 3.05) is 0 Å². The van der Waals surface area contributed by atoms with E-state index < -0.39 is 22.6 Å². The maximum atomic E-state index is 13.2. The smallest absolute Gasteiger partial charge is 0.335 e. The van der Waals surface area contributed by atoms with Crippen LogP contribution in [-0.2, 0) is 16.6 Å². The molecule has 0 aromatic heterocycles. The second-order valence-electron chi connectivity index (χ2n) is 4.25. The van der Waals surface area contributed by atoms with Gasteiger partial charge in [0.2, 0.25) is 0 Å². The number of benzene rings is 2. The molecule has 0 saturated carbocycles. The fraction of sp³-hybridized carbons (Fsp3) is 0.0667. The van der Waals surface area contributed by atoms with E-state index in [0.717, 1.165) is 6.07 Å². The summed E-state index contributed by atoms with van der Waals surface area (Å²) in [5.74, 6) is -1.64. The zero-order valence-electron chi connectivity index (χ0n) is 10.7. The van der Waals surface area contributed by atoms with Crippen LogP contribution in [0.25, 0.3) is 0 Å². The average Bonchev–Trinajstić information content (AvgIpc) is 2.49. The molecule has 6 heteroatoms. The molecule has 2 aromatic rings. The van der Waals surface area contributed by atoms with Crippen LogP contribution in [0.4, 0.5) is 4.39 Å². The minimum Gasteiger partial charge on any atom is -0.478 e. The van der Waals surface area contributed by atoms with Gasteiger partial charge in [-0.15, -0.1) is 0 Å². The Balaban J connectivity index is 2.24. The van der Waals surface area contributed by atoms with Crippen molar-refractivity contribution in [1.29, 1.82) is 5.26 Å². The number of nitriles is 1. The summed E-state index contributed by atoms with van der Waals surface area (Å²) in [6.45, 7) is 0. The fourth-order valence-corrected chi connectivity index (χ4v) is 2.89. The molecule has 1 N–H and O–H groups in total. The molecule has 0 fully saturated rings. The molecule has 0 spiro atoms. The quantitative estimate of drug-likeness (QED) is 0.942. The molecule has 2 rings (SSSR count). The lowest BCUT2D eigenvalue weighted by atomic mass is 10.1. The highest BCUT2D eigenvalue weighted by atomic mass is 32.2. The largest absolute Gasteiger partial charge is 0.478 e. The number of hydrogen-bond donors (Lipinski definition) is 1. The first-order valence-corrected chi connectivity index (χ1v) is 7.23. The summed E-state index contributed by atoms with van der Waals surface area (Å²) < 4.78 is 25.4. The van der Waals surface area contributed by atoms with Crippen LogP contribution in [0.15, 0.2) is 47.4 Å². The van der Waals surface area contributed by atoms with E-state index in [1.165, 1.54) is 30.3 Å². The van der Waals surface area contributed by atoms with Crippen molar-refractivity contribution in [2.45, 2.75) is 10.6 Å². The molecule has 0 aliphatic carbocycles. The summed E-state index contributed by atoms with van der Waals surface area (Å²) >= 11 is 0. The standard InChI is InChI=1S/C15H10FNO3S/c16-14-5-4-10(6-12(14)8-17)9-21(20)13-3-1-2-11(7-13)15(18)19/h1-7H,9H2,(H,18,19). The molecular formula is C15H10FNO3S. The van der Waals surface area contributed by atoms with Crippen molar-refractivity contribution in [3.8, 4) is 6.07 Å². The molecular weight excluding hydrogens is 293 g/mol. The van der Waals surface area contributed by atoms with Crippen LogP contribution in [0.1, 0.15) is 21.5 Å². The van der Waals surface area contributed by atoms with Gasteiger partial charge in [0.25, 0.3) is 0 Å². The number of aromatic carboxylic acids is 1. The molecule has 4 nitrogen and oxygen atoms in total. The van der Waals surface area contributed by atoms with Crippen LogP contribution in [0, 0.1) is 17.1 Å². The van der Waals surface area contributed by atoms with Crippen LogP contribution < -0.4 is 0 Å². The molecule has 0 amide bonds. The highest BCUT2D eigenvalue weighted by Crippen LogP contribution is 2.16. The summed E-state index contributed by atoms with van der Waals surface area (Å²) in [5, 5.41) is 17.7. The van der Waals surface area contributed by atoms with Gasteiger partial charge in [0, 0.05) is 4.90 Å². The van der Waals surface area contributed by atoms with E-state index in [4.69, 9.17) is 10.4 Å². The minimum atomic E-state index is -1.47. The van der Waals surface area contributed by atoms with Crippen molar-refractivity contribution in [3.63, 3.8) is 0 Å². The Hall–Kier alpha value is -2.52. The van der Waals surface area contributed by atoms with Crippen LogP contribution in [0.3, 0.4) is 0 Å². The third-order valence-electron chi connectivity index (χ3n) is 2.79. The number of carboxylic acid groups (broad SMARTS) is 1. The Morgan fingerprint density at radius 1 is 1.29 bits per heavy atom. The number of rotatable bonds is 4. The molecule has 0 aliphatic heterocycles. The van der Waals surface area contributed by atoms with Gasteiger partial charge in [0.15, 0.2) is 0 Å². The van der Waals surface area contributed by atoms with Crippen molar-refractivity contribution in [2.24, 2.45) is 0 Å².